The molecule has 0 aromatic carbocycles. The summed E-state index contributed by atoms with van der Waals surface area (Å²) in [5, 5.41) is 10.1. The third kappa shape index (κ3) is 3.39. The number of aryl methyl sites for hydroxylation is 1. The van der Waals surface area contributed by atoms with Crippen LogP contribution in [-0.4, -0.2) is 52.3 Å². The lowest BCUT2D eigenvalue weighted by Gasteiger charge is -2.29. The highest BCUT2D eigenvalue weighted by Crippen LogP contribution is 2.53. The van der Waals surface area contributed by atoms with Crippen LogP contribution in [0.25, 0.3) is 11.0 Å². The molecule has 0 unspecified atom stereocenters. The topological polar surface area (TPSA) is 91.5 Å². The van der Waals surface area contributed by atoms with Gasteiger partial charge in [0.1, 0.15) is 27.9 Å². The molecular formula is C23H28ClN5O3. The number of nitriles is 1. The molecule has 8 nitrogen and oxygen atoms in total. The Morgan fingerprint density at radius 2 is 1.78 bits per heavy atom. The van der Waals surface area contributed by atoms with E-state index in [9.17, 15) is 14.9 Å². The van der Waals surface area contributed by atoms with Gasteiger partial charge in [0, 0.05) is 44.1 Å². The van der Waals surface area contributed by atoms with Crippen LogP contribution in [0.2, 0.25) is 5.15 Å². The summed E-state index contributed by atoms with van der Waals surface area (Å²) in [6, 6.07) is 5.48. The van der Waals surface area contributed by atoms with Crippen molar-refractivity contribution in [3.8, 4) is 6.07 Å². The van der Waals surface area contributed by atoms with E-state index >= 15 is 0 Å². The summed E-state index contributed by atoms with van der Waals surface area (Å²) >= 11 is 6.18. The molecule has 2 aromatic heterocycles. The highest BCUT2D eigenvalue weighted by Gasteiger charge is 2.59. The zero-order valence-corrected chi connectivity index (χ0v) is 20.1. The van der Waals surface area contributed by atoms with Gasteiger partial charge in [-0.05, 0) is 32.9 Å². The second-order valence-corrected chi connectivity index (χ2v) is 10.9. The first-order valence-corrected chi connectivity index (χ1v) is 11.0. The minimum atomic E-state index is -0.557. The maximum atomic E-state index is 12.9. The lowest BCUT2D eigenvalue weighted by atomic mass is 9.71. The molecule has 2 atom stereocenters. The maximum absolute atomic E-state index is 12.9. The van der Waals surface area contributed by atoms with Crippen LogP contribution in [0.15, 0.2) is 16.9 Å². The van der Waals surface area contributed by atoms with Gasteiger partial charge in [-0.15, -0.1) is 0 Å². The van der Waals surface area contributed by atoms with Gasteiger partial charge in [-0.3, -0.25) is 4.79 Å². The van der Waals surface area contributed by atoms with Crippen molar-refractivity contribution in [2.45, 2.75) is 40.2 Å². The molecule has 4 rings (SSSR count). The molecule has 0 aliphatic carbocycles. The van der Waals surface area contributed by atoms with Crippen molar-refractivity contribution in [2.75, 3.05) is 31.1 Å². The van der Waals surface area contributed by atoms with Gasteiger partial charge < -0.3 is 19.1 Å². The average molecular weight is 458 g/mol. The van der Waals surface area contributed by atoms with Crippen molar-refractivity contribution in [1.82, 2.24) is 14.5 Å². The Labute approximate surface area is 192 Å². The second kappa shape index (κ2) is 7.11. The number of likely N-dealkylation sites (tertiary alicyclic amines) is 1. The van der Waals surface area contributed by atoms with Crippen LogP contribution in [0.1, 0.15) is 40.2 Å². The first-order chi connectivity index (χ1) is 14.8. The summed E-state index contributed by atoms with van der Waals surface area (Å²) < 4.78 is 7.02. The van der Waals surface area contributed by atoms with Gasteiger partial charge in [0.2, 0.25) is 0 Å². The van der Waals surface area contributed by atoms with E-state index in [4.69, 9.17) is 16.3 Å². The zero-order valence-electron chi connectivity index (χ0n) is 19.3. The van der Waals surface area contributed by atoms with Crippen LogP contribution < -0.4 is 10.5 Å². The number of anilines is 1. The molecule has 0 radical (unpaired) electrons. The molecule has 0 bridgehead atoms. The monoisotopic (exact) mass is 457 g/mol. The van der Waals surface area contributed by atoms with Crippen LogP contribution in [0.5, 0.6) is 0 Å². The largest absolute Gasteiger partial charge is 0.444 e. The number of ether oxygens (including phenoxy) is 1. The lowest BCUT2D eigenvalue weighted by molar-refractivity contribution is 0.0269. The summed E-state index contributed by atoms with van der Waals surface area (Å²) in [6.07, 6.45) is -0.314. The Hall–Kier alpha value is -2.79. The fourth-order valence-corrected chi connectivity index (χ4v) is 5.20. The summed E-state index contributed by atoms with van der Waals surface area (Å²) in [4.78, 5) is 34.0. The van der Waals surface area contributed by atoms with Crippen molar-refractivity contribution >= 4 is 34.4 Å². The van der Waals surface area contributed by atoms with Crippen LogP contribution in [0.3, 0.4) is 0 Å². The van der Waals surface area contributed by atoms with Crippen molar-refractivity contribution in [2.24, 2.45) is 17.9 Å². The SMILES string of the molecule is Cn1c(=O)c(C#N)c(N2C[C@]3(C)CN(C(=O)OC(C)(C)C)C[C@]3(C)C2)c2nc(Cl)ccc21. The van der Waals surface area contributed by atoms with Crippen LogP contribution in [0, 0.1) is 22.2 Å². The molecule has 170 valence electrons. The molecule has 0 spiro atoms. The molecule has 1 amide bonds. The summed E-state index contributed by atoms with van der Waals surface area (Å²) in [7, 11) is 1.63. The molecule has 32 heavy (non-hydrogen) atoms. The number of fused-ring (bicyclic) bond motifs is 2. The van der Waals surface area contributed by atoms with Crippen molar-refractivity contribution < 1.29 is 9.53 Å². The van der Waals surface area contributed by atoms with Crippen molar-refractivity contribution in [3.05, 3.63) is 33.2 Å². The number of hydrogen-bond acceptors (Lipinski definition) is 6. The number of halogens is 1. The highest BCUT2D eigenvalue weighted by atomic mass is 35.5. The quantitative estimate of drug-likeness (QED) is 0.608. The number of amides is 1. The van der Waals surface area contributed by atoms with Gasteiger partial charge in [-0.25, -0.2) is 9.78 Å². The molecule has 2 saturated heterocycles. The summed E-state index contributed by atoms with van der Waals surface area (Å²) in [5.41, 5.74) is 0.328. The Balaban J connectivity index is 1.75. The third-order valence-electron chi connectivity index (χ3n) is 6.88. The van der Waals surface area contributed by atoms with Gasteiger partial charge in [-0.1, -0.05) is 25.4 Å². The standard InChI is InChI=1S/C23H28ClN5O3/c1-21(2,3)32-20(31)29-12-22(4)10-28(11-23(22,5)13-29)18-14(9-25)19(30)27(6)15-7-8-16(24)26-17(15)18/h7-8H,10-13H2,1-6H3/t22-,23+. The van der Waals surface area contributed by atoms with E-state index < -0.39 is 5.60 Å². The fourth-order valence-electron chi connectivity index (χ4n) is 5.05. The number of carbonyl (C=O) groups excluding carboxylic acids is 1. The smallest absolute Gasteiger partial charge is 0.410 e. The van der Waals surface area contributed by atoms with Crippen LogP contribution in [0.4, 0.5) is 10.5 Å². The van der Waals surface area contributed by atoms with Gasteiger partial charge in [-0.2, -0.15) is 5.26 Å². The van der Waals surface area contributed by atoms with Crippen LogP contribution in [-0.2, 0) is 11.8 Å². The molecule has 2 aliphatic rings. The Morgan fingerprint density at radius 1 is 1.19 bits per heavy atom. The van der Waals surface area contributed by atoms with Crippen LogP contribution >= 0.6 is 11.6 Å². The normalized spacial score (nSPS) is 25.2. The number of nitrogens with zero attached hydrogens (tertiary/aromatic N) is 5. The van der Waals surface area contributed by atoms with Gasteiger partial charge in [0.15, 0.2) is 0 Å². The fraction of sp³-hybridized carbons (Fsp3) is 0.565. The molecule has 2 aliphatic heterocycles. The molecular weight excluding hydrogens is 430 g/mol. The van der Waals surface area contributed by atoms with Gasteiger partial charge >= 0.3 is 6.09 Å². The lowest BCUT2D eigenvalue weighted by Crippen LogP contribution is -2.39. The predicted molar refractivity (Wildman–Crippen MR) is 123 cm³/mol. The molecule has 2 fully saturated rings. The second-order valence-electron chi connectivity index (χ2n) is 10.5. The Bertz CT molecular complexity index is 1210. The Kier molecular flexibility index (Phi) is 4.98. The zero-order chi connectivity index (χ0) is 23.6. The highest BCUT2D eigenvalue weighted by molar-refractivity contribution is 6.29. The molecule has 4 heterocycles. The first-order valence-electron chi connectivity index (χ1n) is 10.6. The van der Waals surface area contributed by atoms with E-state index in [-0.39, 0.29) is 28.0 Å². The molecule has 9 heteroatoms. The van der Waals surface area contributed by atoms with E-state index in [0.29, 0.717) is 48.1 Å². The number of pyridine rings is 2. The number of carbonyl (C=O) groups is 1. The molecule has 0 N–H and O–H groups in total. The van der Waals surface area contributed by atoms with E-state index in [1.54, 1.807) is 24.1 Å². The molecule has 2 aromatic rings. The summed E-state index contributed by atoms with van der Waals surface area (Å²) in [5.74, 6) is 0. The Morgan fingerprint density at radius 3 is 2.31 bits per heavy atom. The third-order valence-corrected chi connectivity index (χ3v) is 7.09. The summed E-state index contributed by atoms with van der Waals surface area (Å²) in [6.45, 7) is 12.1. The minimum absolute atomic E-state index is 0.0611. The minimum Gasteiger partial charge on any atom is -0.444 e. The van der Waals surface area contributed by atoms with Crippen molar-refractivity contribution in [1.29, 1.82) is 5.26 Å². The van der Waals surface area contributed by atoms with E-state index in [2.05, 4.69) is 29.8 Å². The van der Waals surface area contributed by atoms with Gasteiger partial charge in [0.05, 0.1) is 11.2 Å². The predicted octanol–water partition coefficient (Wildman–Crippen LogP) is 3.54. The van der Waals surface area contributed by atoms with Gasteiger partial charge in [0.25, 0.3) is 5.56 Å². The van der Waals surface area contributed by atoms with E-state index in [1.807, 2.05) is 20.8 Å². The van der Waals surface area contributed by atoms with E-state index in [1.165, 1.54) is 4.57 Å². The average Bonchev–Trinajstić information content (AvgIpc) is 3.07. The van der Waals surface area contributed by atoms with E-state index in [0.717, 1.165) is 0 Å². The number of rotatable bonds is 1. The molecule has 0 saturated carbocycles. The first kappa shape index (κ1) is 22.4. The number of hydrogen-bond donors (Lipinski definition) is 0. The maximum Gasteiger partial charge on any atom is 0.410 e. The van der Waals surface area contributed by atoms with Crippen molar-refractivity contribution in [3.63, 3.8) is 0 Å². The number of aromatic nitrogens is 2.